The average molecular weight is 179 g/mol. The molecule has 1 aliphatic heterocycles. The minimum absolute atomic E-state index is 0.692. The number of ether oxygens (including phenoxy) is 1. The van der Waals surface area contributed by atoms with Crippen molar-refractivity contribution in [1.82, 2.24) is 0 Å². The first-order chi connectivity index (χ1) is 5.88. The smallest absolute Gasteiger partial charge is 0.217 e. The van der Waals surface area contributed by atoms with Crippen molar-refractivity contribution in [2.45, 2.75) is 4.90 Å². The van der Waals surface area contributed by atoms with Crippen molar-refractivity contribution in [3.8, 4) is 0 Å². The lowest BCUT2D eigenvalue weighted by Gasteiger charge is -2.03. The van der Waals surface area contributed by atoms with Gasteiger partial charge in [0, 0.05) is 10.5 Å². The topological polar surface area (TPSA) is 21.6 Å². The Bertz CT molecular complexity index is 322. The summed E-state index contributed by atoms with van der Waals surface area (Å²) in [6.45, 7) is 1.45. The van der Waals surface area contributed by atoms with Gasteiger partial charge in [-0.15, -0.1) is 12.6 Å². The molecule has 1 aromatic carbocycles. The molecular weight excluding hydrogens is 170 g/mol. The summed E-state index contributed by atoms with van der Waals surface area (Å²) in [5.41, 5.74) is 0.985. The highest BCUT2D eigenvalue weighted by atomic mass is 32.1. The highest BCUT2D eigenvalue weighted by molar-refractivity contribution is 7.80. The molecule has 0 amide bonds. The molecular formula is C9H9NOS. The zero-order chi connectivity index (χ0) is 8.39. The summed E-state index contributed by atoms with van der Waals surface area (Å²) < 4.78 is 5.32. The normalized spacial score (nSPS) is 15.6. The van der Waals surface area contributed by atoms with E-state index in [9.17, 15) is 0 Å². The van der Waals surface area contributed by atoms with Gasteiger partial charge in [-0.1, -0.05) is 12.1 Å². The Kier molecular flexibility index (Phi) is 2.04. The van der Waals surface area contributed by atoms with E-state index in [0.29, 0.717) is 6.61 Å². The molecule has 0 bridgehead atoms. The molecule has 0 saturated heterocycles. The zero-order valence-electron chi connectivity index (χ0n) is 6.53. The lowest BCUT2D eigenvalue weighted by molar-refractivity contribution is 0.348. The van der Waals surface area contributed by atoms with Crippen molar-refractivity contribution in [3.63, 3.8) is 0 Å². The monoisotopic (exact) mass is 179 g/mol. The molecule has 0 fully saturated rings. The summed E-state index contributed by atoms with van der Waals surface area (Å²) >= 11 is 4.31. The molecule has 0 aromatic heterocycles. The van der Waals surface area contributed by atoms with Gasteiger partial charge in [0.2, 0.25) is 5.90 Å². The van der Waals surface area contributed by atoms with E-state index in [0.717, 1.165) is 22.9 Å². The Labute approximate surface area is 76.7 Å². The molecule has 0 aliphatic carbocycles. The Morgan fingerprint density at radius 2 is 2.17 bits per heavy atom. The highest BCUT2D eigenvalue weighted by Crippen LogP contribution is 2.16. The van der Waals surface area contributed by atoms with Gasteiger partial charge in [-0.2, -0.15) is 0 Å². The standard InChI is InChI=1S/C9H9NOS/c12-8-4-2-1-3-7(8)9-10-5-6-11-9/h1-4,12H,5-6H2. The molecule has 3 heteroatoms. The van der Waals surface area contributed by atoms with Crippen LogP contribution in [-0.2, 0) is 4.74 Å². The lowest BCUT2D eigenvalue weighted by Crippen LogP contribution is -2.01. The van der Waals surface area contributed by atoms with E-state index in [1.807, 2.05) is 24.3 Å². The van der Waals surface area contributed by atoms with Gasteiger partial charge in [-0.05, 0) is 12.1 Å². The summed E-state index contributed by atoms with van der Waals surface area (Å²) in [6.07, 6.45) is 0. The number of hydrogen-bond donors (Lipinski definition) is 1. The third kappa shape index (κ3) is 1.32. The predicted octanol–water partition coefficient (Wildman–Crippen LogP) is 1.75. The van der Waals surface area contributed by atoms with E-state index in [-0.39, 0.29) is 0 Å². The van der Waals surface area contributed by atoms with Crippen molar-refractivity contribution in [2.24, 2.45) is 4.99 Å². The van der Waals surface area contributed by atoms with Gasteiger partial charge >= 0.3 is 0 Å². The van der Waals surface area contributed by atoms with Crippen molar-refractivity contribution in [2.75, 3.05) is 13.2 Å². The van der Waals surface area contributed by atoms with E-state index in [1.54, 1.807) is 0 Å². The first-order valence-corrected chi connectivity index (χ1v) is 4.28. The van der Waals surface area contributed by atoms with Crippen molar-refractivity contribution < 1.29 is 4.74 Å². The lowest BCUT2D eigenvalue weighted by atomic mass is 10.2. The summed E-state index contributed by atoms with van der Waals surface area (Å²) in [6, 6.07) is 7.80. The molecule has 0 atom stereocenters. The second kappa shape index (κ2) is 3.19. The molecule has 0 radical (unpaired) electrons. The third-order valence-electron chi connectivity index (χ3n) is 1.72. The SMILES string of the molecule is Sc1ccccc1C1=NCCO1. The largest absolute Gasteiger partial charge is 0.475 e. The molecule has 12 heavy (non-hydrogen) atoms. The average Bonchev–Trinajstić information content (AvgIpc) is 2.57. The van der Waals surface area contributed by atoms with Crippen LogP contribution in [0.1, 0.15) is 5.56 Å². The quantitative estimate of drug-likeness (QED) is 0.652. The van der Waals surface area contributed by atoms with Gasteiger partial charge in [0.25, 0.3) is 0 Å². The number of rotatable bonds is 1. The first-order valence-electron chi connectivity index (χ1n) is 3.83. The second-order valence-electron chi connectivity index (χ2n) is 2.55. The molecule has 0 spiro atoms. The number of benzene rings is 1. The van der Waals surface area contributed by atoms with Crippen LogP contribution in [0, 0.1) is 0 Å². The number of hydrogen-bond acceptors (Lipinski definition) is 3. The van der Waals surface area contributed by atoms with Crippen LogP contribution in [0.15, 0.2) is 34.2 Å². The number of nitrogens with zero attached hydrogens (tertiary/aromatic N) is 1. The maximum absolute atomic E-state index is 5.32. The van der Waals surface area contributed by atoms with E-state index in [4.69, 9.17) is 4.74 Å². The fourth-order valence-corrected chi connectivity index (χ4v) is 1.41. The Balaban J connectivity index is 2.39. The minimum atomic E-state index is 0.692. The van der Waals surface area contributed by atoms with Crippen LogP contribution in [0.2, 0.25) is 0 Å². The van der Waals surface area contributed by atoms with Crippen molar-refractivity contribution in [1.29, 1.82) is 0 Å². The van der Waals surface area contributed by atoms with Crippen LogP contribution >= 0.6 is 12.6 Å². The zero-order valence-corrected chi connectivity index (χ0v) is 7.42. The van der Waals surface area contributed by atoms with Gasteiger partial charge in [-0.3, -0.25) is 0 Å². The molecule has 1 aromatic rings. The number of thiol groups is 1. The van der Waals surface area contributed by atoms with Crippen LogP contribution in [0.25, 0.3) is 0 Å². The van der Waals surface area contributed by atoms with Crippen molar-refractivity contribution in [3.05, 3.63) is 29.8 Å². The summed E-state index contributed by atoms with van der Waals surface area (Å²) in [5, 5.41) is 0. The van der Waals surface area contributed by atoms with Crippen molar-refractivity contribution >= 4 is 18.5 Å². The van der Waals surface area contributed by atoms with Crippen LogP contribution in [0.5, 0.6) is 0 Å². The fourth-order valence-electron chi connectivity index (χ4n) is 1.15. The van der Waals surface area contributed by atoms with Crippen LogP contribution in [0.4, 0.5) is 0 Å². The van der Waals surface area contributed by atoms with Gasteiger partial charge in [-0.25, -0.2) is 4.99 Å². The second-order valence-corrected chi connectivity index (χ2v) is 3.03. The van der Waals surface area contributed by atoms with Crippen LogP contribution < -0.4 is 0 Å². The molecule has 1 aliphatic rings. The Morgan fingerprint density at radius 1 is 1.33 bits per heavy atom. The summed E-state index contributed by atoms with van der Waals surface area (Å²) in [5.74, 6) is 0.723. The maximum Gasteiger partial charge on any atom is 0.217 e. The van der Waals surface area contributed by atoms with Crippen LogP contribution in [-0.4, -0.2) is 19.0 Å². The van der Waals surface area contributed by atoms with Gasteiger partial charge < -0.3 is 4.74 Å². The van der Waals surface area contributed by atoms with Crippen LogP contribution in [0.3, 0.4) is 0 Å². The molecule has 0 N–H and O–H groups in total. The molecule has 0 saturated carbocycles. The van der Waals surface area contributed by atoms with Gasteiger partial charge in [0.15, 0.2) is 0 Å². The molecule has 2 rings (SSSR count). The molecule has 1 heterocycles. The minimum Gasteiger partial charge on any atom is -0.475 e. The van der Waals surface area contributed by atoms with Gasteiger partial charge in [0.1, 0.15) is 6.61 Å². The van der Waals surface area contributed by atoms with E-state index >= 15 is 0 Å². The van der Waals surface area contributed by atoms with E-state index in [2.05, 4.69) is 17.6 Å². The number of aliphatic imine (C=N–C) groups is 1. The van der Waals surface area contributed by atoms with Gasteiger partial charge in [0.05, 0.1) is 6.54 Å². The Hall–Kier alpha value is -0.960. The highest BCUT2D eigenvalue weighted by Gasteiger charge is 2.11. The summed E-state index contributed by atoms with van der Waals surface area (Å²) in [7, 11) is 0. The van der Waals surface area contributed by atoms with E-state index < -0.39 is 0 Å². The fraction of sp³-hybridized carbons (Fsp3) is 0.222. The maximum atomic E-state index is 5.32. The Morgan fingerprint density at radius 3 is 2.83 bits per heavy atom. The first kappa shape index (κ1) is 7.68. The van der Waals surface area contributed by atoms with E-state index in [1.165, 1.54) is 0 Å². The molecule has 0 unspecified atom stereocenters. The molecule has 2 nitrogen and oxygen atoms in total. The predicted molar refractivity (Wildman–Crippen MR) is 51.1 cm³/mol. The molecule has 62 valence electrons. The summed E-state index contributed by atoms with van der Waals surface area (Å²) in [4.78, 5) is 5.13. The third-order valence-corrected chi connectivity index (χ3v) is 2.11.